The van der Waals surface area contributed by atoms with E-state index in [0.29, 0.717) is 0 Å². The molecule has 0 aliphatic heterocycles. The quantitative estimate of drug-likeness (QED) is 0.364. The van der Waals surface area contributed by atoms with Gasteiger partial charge >= 0.3 is 0 Å². The summed E-state index contributed by atoms with van der Waals surface area (Å²) in [7, 11) is 0. The number of unbranched alkanes of at least 4 members (excludes halogenated alkanes) is 1. The van der Waals surface area contributed by atoms with E-state index in [2.05, 4.69) is 50.9 Å². The average Bonchev–Trinajstić information content (AvgIpc) is 2.33. The third kappa shape index (κ3) is 8.92. The van der Waals surface area contributed by atoms with Gasteiger partial charge in [-0.1, -0.05) is 53.0 Å². The summed E-state index contributed by atoms with van der Waals surface area (Å²) in [6, 6.07) is 0. The van der Waals surface area contributed by atoms with Gasteiger partial charge in [0, 0.05) is 0 Å². The van der Waals surface area contributed by atoms with Crippen LogP contribution in [-0.4, -0.2) is 23.5 Å². The van der Waals surface area contributed by atoms with Crippen LogP contribution in [0.4, 0.5) is 0 Å². The summed E-state index contributed by atoms with van der Waals surface area (Å²) in [5.74, 6) is 4.56. The molecule has 0 aromatic rings. The Labute approximate surface area is 112 Å². The Bertz CT molecular complexity index is 121. The Hall–Kier alpha value is 0.830. The molecule has 0 N–H and O–H groups in total. The molecule has 16 heavy (non-hydrogen) atoms. The second kappa shape index (κ2) is 12.3. The van der Waals surface area contributed by atoms with Crippen LogP contribution in [-0.2, 0) is 0 Å². The molecule has 0 aromatic carbocycles. The lowest BCUT2D eigenvalue weighted by molar-refractivity contribution is 0.911. The van der Waals surface area contributed by atoms with Gasteiger partial charge in [0.15, 0.2) is 0 Å². The van der Waals surface area contributed by atoms with Crippen molar-refractivity contribution in [3.63, 3.8) is 0 Å². The Morgan fingerprint density at radius 3 is 1.19 bits per heavy atom. The van der Waals surface area contributed by atoms with Crippen molar-refractivity contribution in [3.05, 3.63) is 0 Å². The molecule has 0 unspecified atom stereocenters. The molecule has 0 atom stereocenters. The maximum absolute atomic E-state index is 2.31. The second-order valence-corrected chi connectivity index (χ2v) is 7.14. The third-order valence-electron chi connectivity index (χ3n) is 3.07. The van der Waals surface area contributed by atoms with E-state index in [1.807, 2.05) is 0 Å². The number of hydrogen-bond donors (Lipinski definition) is 0. The lowest BCUT2D eigenvalue weighted by atomic mass is 9.70. The van der Waals surface area contributed by atoms with Crippen LogP contribution in [0.5, 0.6) is 0 Å². The van der Waals surface area contributed by atoms with E-state index in [9.17, 15) is 0 Å². The van der Waals surface area contributed by atoms with Gasteiger partial charge in [-0.05, 0) is 24.3 Å². The van der Waals surface area contributed by atoms with Gasteiger partial charge in [0.05, 0.1) is 0 Å². The van der Waals surface area contributed by atoms with Crippen LogP contribution < -0.4 is 0 Å². The molecule has 0 aliphatic rings. The molecule has 0 aromatic heterocycles. The maximum atomic E-state index is 2.31. The van der Waals surface area contributed by atoms with Crippen LogP contribution in [0.2, 0.25) is 25.3 Å². The van der Waals surface area contributed by atoms with Gasteiger partial charge in [0.25, 0.3) is 0 Å². The Kier molecular flexibility index (Phi) is 12.9. The van der Waals surface area contributed by atoms with Crippen LogP contribution in [0.15, 0.2) is 0 Å². The molecular weight excluding hydrogens is 230 g/mol. The lowest BCUT2D eigenvalue weighted by Crippen LogP contribution is -2.06. The smallest absolute Gasteiger partial charge is 0.208 e. The van der Waals surface area contributed by atoms with Crippen molar-refractivity contribution in [2.24, 2.45) is 0 Å². The SMILES string of the molecule is CCB(CC)SCCCCSB(CC)CC. The molecular formula is C12H28B2S2. The molecule has 0 saturated heterocycles. The second-order valence-electron chi connectivity index (χ2n) is 4.33. The van der Waals surface area contributed by atoms with Crippen molar-refractivity contribution in [1.82, 2.24) is 0 Å². The number of hydrogen-bond acceptors (Lipinski definition) is 2. The highest BCUT2D eigenvalue weighted by Gasteiger charge is 2.09. The maximum Gasteiger partial charge on any atom is 0.208 e. The molecule has 0 aliphatic carbocycles. The van der Waals surface area contributed by atoms with Gasteiger partial charge in [-0.2, -0.15) is 0 Å². The Balaban J connectivity index is 3.26. The van der Waals surface area contributed by atoms with Gasteiger partial charge in [0.2, 0.25) is 12.0 Å². The van der Waals surface area contributed by atoms with Crippen LogP contribution in [0.1, 0.15) is 40.5 Å². The molecule has 0 rings (SSSR count). The standard InChI is InChI=1S/C12H28B2S2/c1-5-13(6-2)15-11-9-10-12-16-14(7-3)8-4/h5-12H2,1-4H3. The van der Waals surface area contributed by atoms with E-state index in [1.54, 1.807) is 0 Å². The van der Waals surface area contributed by atoms with Crippen LogP contribution in [0, 0.1) is 0 Å². The minimum atomic E-state index is 0.909. The summed E-state index contributed by atoms with van der Waals surface area (Å²) in [5.41, 5.74) is 0. The first kappa shape index (κ1) is 16.8. The van der Waals surface area contributed by atoms with E-state index in [1.165, 1.54) is 49.6 Å². The van der Waals surface area contributed by atoms with Crippen molar-refractivity contribution < 1.29 is 0 Å². The molecule has 0 radical (unpaired) electrons. The summed E-state index contributed by atoms with van der Waals surface area (Å²) in [6.07, 6.45) is 8.17. The zero-order valence-corrected chi connectivity index (χ0v) is 13.3. The first-order chi connectivity index (χ1) is 7.78. The Morgan fingerprint density at radius 1 is 0.625 bits per heavy atom. The molecule has 0 heterocycles. The summed E-state index contributed by atoms with van der Waals surface area (Å²) in [4.78, 5) is 0. The molecule has 94 valence electrons. The normalized spacial score (nSPS) is 10.5. The molecule has 0 saturated carbocycles. The van der Waals surface area contributed by atoms with Crippen molar-refractivity contribution in [3.8, 4) is 0 Å². The fourth-order valence-corrected chi connectivity index (χ4v) is 4.10. The topological polar surface area (TPSA) is 0 Å². The monoisotopic (exact) mass is 258 g/mol. The minimum Gasteiger partial charge on any atom is -0.210 e. The van der Waals surface area contributed by atoms with E-state index >= 15 is 0 Å². The van der Waals surface area contributed by atoms with Crippen LogP contribution >= 0.6 is 23.2 Å². The molecule has 4 heteroatoms. The van der Waals surface area contributed by atoms with Gasteiger partial charge in [0.1, 0.15) is 0 Å². The zero-order chi connectivity index (χ0) is 12.2. The highest BCUT2D eigenvalue weighted by atomic mass is 32.2. The fourth-order valence-electron chi connectivity index (χ4n) is 1.75. The summed E-state index contributed by atoms with van der Waals surface area (Å²) < 4.78 is 0. The first-order valence-electron chi connectivity index (χ1n) is 7.01. The largest absolute Gasteiger partial charge is 0.210 e. The highest BCUT2D eigenvalue weighted by molar-refractivity contribution is 8.25. The van der Waals surface area contributed by atoms with Gasteiger partial charge in [-0.25, -0.2) is 23.2 Å². The van der Waals surface area contributed by atoms with E-state index in [-0.39, 0.29) is 0 Å². The molecule has 0 spiro atoms. The Morgan fingerprint density at radius 2 is 0.938 bits per heavy atom. The summed E-state index contributed by atoms with van der Waals surface area (Å²) in [6.45, 7) is 9.24. The molecule has 0 bridgehead atoms. The minimum absolute atomic E-state index is 0.909. The highest BCUT2D eigenvalue weighted by Crippen LogP contribution is 2.19. The predicted molar refractivity (Wildman–Crippen MR) is 87.6 cm³/mol. The van der Waals surface area contributed by atoms with E-state index in [4.69, 9.17) is 0 Å². The van der Waals surface area contributed by atoms with Crippen molar-refractivity contribution >= 4 is 35.2 Å². The van der Waals surface area contributed by atoms with Gasteiger partial charge in [-0.15, -0.1) is 0 Å². The van der Waals surface area contributed by atoms with Crippen molar-refractivity contribution in [2.45, 2.75) is 65.8 Å². The molecule has 0 nitrogen and oxygen atoms in total. The number of rotatable bonds is 11. The van der Waals surface area contributed by atoms with E-state index < -0.39 is 0 Å². The third-order valence-corrected chi connectivity index (χ3v) is 6.39. The van der Waals surface area contributed by atoms with Crippen molar-refractivity contribution in [2.75, 3.05) is 11.5 Å². The van der Waals surface area contributed by atoms with Crippen LogP contribution in [0.3, 0.4) is 0 Å². The summed E-state index contributed by atoms with van der Waals surface area (Å²) >= 11 is 4.37. The average molecular weight is 258 g/mol. The zero-order valence-electron chi connectivity index (χ0n) is 11.6. The first-order valence-corrected chi connectivity index (χ1v) is 9.11. The van der Waals surface area contributed by atoms with Crippen molar-refractivity contribution in [1.29, 1.82) is 0 Å². The van der Waals surface area contributed by atoms with Gasteiger partial charge in [-0.3, -0.25) is 0 Å². The predicted octanol–water partition coefficient (Wildman–Crippen LogP) is 5.30. The molecule has 0 fully saturated rings. The fraction of sp³-hybridized carbons (Fsp3) is 1.00. The summed E-state index contributed by atoms with van der Waals surface area (Å²) in [5, 5.41) is 0. The molecule has 0 amide bonds. The van der Waals surface area contributed by atoms with E-state index in [0.717, 1.165) is 12.0 Å². The lowest BCUT2D eigenvalue weighted by Gasteiger charge is -2.09. The van der Waals surface area contributed by atoms with Crippen LogP contribution in [0.25, 0.3) is 0 Å². The van der Waals surface area contributed by atoms with Gasteiger partial charge < -0.3 is 0 Å².